The number of rotatable bonds is 9. The molecule has 142 valence electrons. The summed E-state index contributed by atoms with van der Waals surface area (Å²) in [6.07, 6.45) is 10.0. The smallest absolute Gasteiger partial charge is 0.238 e. The number of carbonyl (C=O) groups excluding carboxylic acids is 1. The van der Waals surface area contributed by atoms with Crippen LogP contribution in [0, 0.1) is 0 Å². The van der Waals surface area contributed by atoms with Gasteiger partial charge in [-0.2, -0.15) is 4.98 Å². The Hall–Kier alpha value is -2.15. The van der Waals surface area contributed by atoms with Gasteiger partial charge in [0.1, 0.15) is 0 Å². The summed E-state index contributed by atoms with van der Waals surface area (Å²) < 4.78 is 10.4. The summed E-state index contributed by atoms with van der Waals surface area (Å²) in [6.45, 7) is 1.73. The molecular weight excluding hydrogens is 332 g/mol. The number of aryl methyl sites for hydroxylation is 1. The first-order chi connectivity index (χ1) is 12.7. The molecule has 1 amide bonds. The van der Waals surface area contributed by atoms with Crippen LogP contribution >= 0.6 is 0 Å². The Balaban J connectivity index is 1.29. The lowest BCUT2D eigenvalue weighted by Crippen LogP contribution is -2.35. The van der Waals surface area contributed by atoms with Gasteiger partial charge in [-0.1, -0.05) is 24.4 Å². The molecule has 2 aromatic rings. The van der Waals surface area contributed by atoms with Crippen LogP contribution in [-0.4, -0.2) is 47.1 Å². The lowest BCUT2D eigenvalue weighted by molar-refractivity contribution is -0.121. The van der Waals surface area contributed by atoms with Crippen LogP contribution in [0.1, 0.15) is 50.8 Å². The van der Waals surface area contributed by atoms with Crippen LogP contribution in [0.2, 0.25) is 0 Å². The number of furan rings is 1. The van der Waals surface area contributed by atoms with Crippen molar-refractivity contribution < 1.29 is 13.7 Å². The number of hydrogen-bond donors (Lipinski definition) is 1. The molecular formula is C19H28N4O3. The second-order valence-corrected chi connectivity index (χ2v) is 6.96. The maximum Gasteiger partial charge on any atom is 0.238 e. The summed E-state index contributed by atoms with van der Waals surface area (Å²) in [4.78, 5) is 18.6. The minimum atomic E-state index is 0.0167. The highest BCUT2D eigenvalue weighted by atomic mass is 16.5. The molecule has 0 radical (unpaired) electrons. The van der Waals surface area contributed by atoms with E-state index in [2.05, 4.69) is 27.4 Å². The summed E-state index contributed by atoms with van der Waals surface area (Å²) in [7, 11) is 2.20. The highest BCUT2D eigenvalue weighted by Crippen LogP contribution is 2.21. The van der Waals surface area contributed by atoms with Gasteiger partial charge in [-0.15, -0.1) is 0 Å². The Morgan fingerprint density at radius 2 is 2.19 bits per heavy atom. The summed E-state index contributed by atoms with van der Waals surface area (Å²) in [6, 6.07) is 4.26. The Kier molecular flexibility index (Phi) is 6.82. The summed E-state index contributed by atoms with van der Waals surface area (Å²) >= 11 is 0. The first-order valence-electron chi connectivity index (χ1n) is 9.56. The van der Waals surface area contributed by atoms with Crippen LogP contribution in [-0.2, 0) is 11.2 Å². The molecule has 1 fully saturated rings. The van der Waals surface area contributed by atoms with Gasteiger partial charge in [0.25, 0.3) is 0 Å². The molecule has 1 saturated carbocycles. The zero-order valence-electron chi connectivity index (χ0n) is 15.4. The Morgan fingerprint density at radius 1 is 1.35 bits per heavy atom. The molecule has 0 aromatic carbocycles. The maximum atomic E-state index is 12.0. The van der Waals surface area contributed by atoms with E-state index in [4.69, 9.17) is 8.94 Å². The van der Waals surface area contributed by atoms with Crippen molar-refractivity contribution in [1.82, 2.24) is 20.4 Å². The van der Waals surface area contributed by atoms with Gasteiger partial charge in [-0.05, 0) is 45.0 Å². The van der Waals surface area contributed by atoms with Crippen LogP contribution in [0.4, 0.5) is 0 Å². The first-order valence-corrected chi connectivity index (χ1v) is 9.56. The molecule has 2 heterocycles. The van der Waals surface area contributed by atoms with E-state index in [9.17, 15) is 4.79 Å². The van der Waals surface area contributed by atoms with Crippen molar-refractivity contribution in [3.63, 3.8) is 0 Å². The van der Waals surface area contributed by atoms with Crippen molar-refractivity contribution >= 4 is 5.91 Å². The fourth-order valence-electron chi connectivity index (χ4n) is 3.43. The Bertz CT molecular complexity index is 662. The molecule has 0 unspecified atom stereocenters. The zero-order valence-corrected chi connectivity index (χ0v) is 15.4. The van der Waals surface area contributed by atoms with E-state index in [0.29, 0.717) is 36.9 Å². The molecule has 2 aromatic heterocycles. The number of hydrogen-bond acceptors (Lipinski definition) is 6. The van der Waals surface area contributed by atoms with E-state index in [1.165, 1.54) is 32.1 Å². The van der Waals surface area contributed by atoms with E-state index < -0.39 is 0 Å². The molecule has 1 aliphatic rings. The quantitative estimate of drug-likeness (QED) is 0.692. The molecule has 3 rings (SSSR count). The van der Waals surface area contributed by atoms with Gasteiger partial charge in [0.15, 0.2) is 5.76 Å². The molecule has 0 spiro atoms. The number of amides is 1. The third kappa shape index (κ3) is 5.42. The monoisotopic (exact) mass is 360 g/mol. The summed E-state index contributed by atoms with van der Waals surface area (Å²) in [5.74, 6) is 1.44. The van der Waals surface area contributed by atoms with Gasteiger partial charge < -0.3 is 19.2 Å². The van der Waals surface area contributed by atoms with Crippen molar-refractivity contribution in [2.24, 2.45) is 0 Å². The molecule has 0 saturated heterocycles. The number of nitrogens with one attached hydrogen (secondary N) is 1. The average Bonchev–Trinajstić information content (AvgIpc) is 3.35. The zero-order chi connectivity index (χ0) is 18.2. The topological polar surface area (TPSA) is 84.4 Å². The fraction of sp³-hybridized carbons (Fsp3) is 0.632. The number of aromatic nitrogens is 2. The van der Waals surface area contributed by atoms with E-state index >= 15 is 0 Å². The first kappa shape index (κ1) is 18.6. The van der Waals surface area contributed by atoms with Gasteiger partial charge in [0.2, 0.25) is 17.6 Å². The van der Waals surface area contributed by atoms with Gasteiger partial charge in [-0.25, -0.2) is 0 Å². The van der Waals surface area contributed by atoms with E-state index in [1.54, 1.807) is 18.4 Å². The molecule has 1 aliphatic carbocycles. The Morgan fingerprint density at radius 3 is 2.96 bits per heavy atom. The molecule has 7 heteroatoms. The lowest BCUT2D eigenvalue weighted by atomic mass is 9.94. The third-order valence-electron chi connectivity index (χ3n) is 4.98. The van der Waals surface area contributed by atoms with E-state index in [0.717, 1.165) is 19.0 Å². The van der Waals surface area contributed by atoms with Crippen LogP contribution in [0.3, 0.4) is 0 Å². The van der Waals surface area contributed by atoms with Crippen LogP contribution in [0.25, 0.3) is 11.6 Å². The van der Waals surface area contributed by atoms with Crippen LogP contribution in [0.15, 0.2) is 27.3 Å². The summed E-state index contributed by atoms with van der Waals surface area (Å²) in [5.41, 5.74) is 0. The number of nitrogens with zero attached hydrogens (tertiary/aromatic N) is 3. The molecule has 1 N–H and O–H groups in total. The molecule has 0 atom stereocenters. The highest BCUT2D eigenvalue weighted by Gasteiger charge is 2.17. The third-order valence-corrected chi connectivity index (χ3v) is 4.98. The maximum absolute atomic E-state index is 12.0. The minimum absolute atomic E-state index is 0.0167. The lowest BCUT2D eigenvalue weighted by Gasteiger charge is -2.31. The normalized spacial score (nSPS) is 15.5. The average molecular weight is 360 g/mol. The van der Waals surface area contributed by atoms with Gasteiger partial charge >= 0.3 is 0 Å². The molecule has 0 bridgehead atoms. The van der Waals surface area contributed by atoms with Crippen molar-refractivity contribution in [1.29, 1.82) is 0 Å². The highest BCUT2D eigenvalue weighted by molar-refractivity contribution is 5.75. The molecule has 0 aliphatic heterocycles. The van der Waals surface area contributed by atoms with Crippen molar-refractivity contribution in [3.05, 3.63) is 24.3 Å². The largest absolute Gasteiger partial charge is 0.461 e. The Labute approximate surface area is 154 Å². The van der Waals surface area contributed by atoms with Crippen LogP contribution in [0.5, 0.6) is 0 Å². The second kappa shape index (κ2) is 9.52. The van der Waals surface area contributed by atoms with Crippen molar-refractivity contribution in [3.8, 4) is 11.6 Å². The standard InChI is InChI=1S/C19H28N4O3/c1-23(15-7-3-2-4-8-15)13-6-12-20-17(24)10-11-18-21-19(22-26-18)16-9-5-14-25-16/h5,9,14-15H,2-4,6-8,10-13H2,1H3,(H,20,24). The SMILES string of the molecule is CN(CCCNC(=O)CCc1nc(-c2ccco2)no1)C1CCCCC1. The predicted octanol–water partition coefficient (Wildman–Crippen LogP) is 3.03. The number of carbonyl (C=O) groups is 1. The van der Waals surface area contributed by atoms with Crippen molar-refractivity contribution in [2.45, 2.75) is 57.4 Å². The fourth-order valence-corrected chi connectivity index (χ4v) is 3.43. The van der Waals surface area contributed by atoms with E-state index in [1.807, 2.05) is 0 Å². The van der Waals surface area contributed by atoms with Gasteiger partial charge in [0.05, 0.1) is 6.26 Å². The molecule has 26 heavy (non-hydrogen) atoms. The predicted molar refractivity (Wildman–Crippen MR) is 97.5 cm³/mol. The van der Waals surface area contributed by atoms with Gasteiger partial charge in [-0.3, -0.25) is 4.79 Å². The molecule has 7 nitrogen and oxygen atoms in total. The second-order valence-electron chi connectivity index (χ2n) is 6.96. The summed E-state index contributed by atoms with van der Waals surface area (Å²) in [5, 5.41) is 6.83. The van der Waals surface area contributed by atoms with Gasteiger partial charge in [0, 0.05) is 25.4 Å². The minimum Gasteiger partial charge on any atom is -0.461 e. The van der Waals surface area contributed by atoms with E-state index in [-0.39, 0.29) is 5.91 Å². The van der Waals surface area contributed by atoms with Crippen LogP contribution < -0.4 is 5.32 Å². The van der Waals surface area contributed by atoms with Crippen molar-refractivity contribution in [2.75, 3.05) is 20.1 Å².